The van der Waals surface area contributed by atoms with Crippen molar-refractivity contribution in [1.82, 2.24) is 14.9 Å². The van der Waals surface area contributed by atoms with Gasteiger partial charge in [-0.05, 0) is 32.6 Å². The van der Waals surface area contributed by atoms with Gasteiger partial charge in [-0.15, -0.1) is 24.0 Å². The van der Waals surface area contributed by atoms with E-state index in [0.717, 1.165) is 25.3 Å². The van der Waals surface area contributed by atoms with E-state index < -0.39 is 10.0 Å². The summed E-state index contributed by atoms with van der Waals surface area (Å²) in [6.45, 7) is 6.31. The fraction of sp³-hybridized carbons (Fsp3) is 0.933. The second kappa shape index (κ2) is 10.1. The van der Waals surface area contributed by atoms with E-state index in [2.05, 4.69) is 15.6 Å². The molecule has 0 amide bonds. The van der Waals surface area contributed by atoms with Gasteiger partial charge < -0.3 is 15.4 Å². The molecule has 2 bridgehead atoms. The lowest BCUT2D eigenvalue weighted by atomic mass is 9.96. The van der Waals surface area contributed by atoms with Crippen molar-refractivity contribution < 1.29 is 13.2 Å². The first-order valence-electron chi connectivity index (χ1n) is 8.59. The smallest absolute Gasteiger partial charge is 0.211 e. The molecule has 0 radical (unpaired) electrons. The molecule has 0 aliphatic carbocycles. The molecule has 142 valence electrons. The molecule has 24 heavy (non-hydrogen) atoms. The molecule has 2 N–H and O–H groups in total. The Hall–Kier alpha value is -0.130. The van der Waals surface area contributed by atoms with E-state index in [4.69, 9.17) is 4.74 Å². The Morgan fingerprint density at radius 1 is 1.33 bits per heavy atom. The van der Waals surface area contributed by atoms with Gasteiger partial charge in [0.05, 0.1) is 24.5 Å². The van der Waals surface area contributed by atoms with E-state index in [0.29, 0.717) is 44.3 Å². The zero-order valence-corrected chi connectivity index (χ0v) is 18.0. The fourth-order valence-corrected chi connectivity index (χ4v) is 4.21. The second-order valence-electron chi connectivity index (χ2n) is 6.23. The van der Waals surface area contributed by atoms with Crippen LogP contribution in [0.1, 0.15) is 39.5 Å². The highest BCUT2D eigenvalue weighted by atomic mass is 127. The number of guanidine groups is 1. The summed E-state index contributed by atoms with van der Waals surface area (Å²) in [5, 5.41) is 6.72. The first kappa shape index (κ1) is 21.9. The van der Waals surface area contributed by atoms with E-state index in [-0.39, 0.29) is 24.0 Å². The third-order valence-corrected chi connectivity index (χ3v) is 5.81. The van der Waals surface area contributed by atoms with Crippen molar-refractivity contribution in [2.24, 2.45) is 4.99 Å². The number of sulfonamides is 1. The summed E-state index contributed by atoms with van der Waals surface area (Å²) in [7, 11) is -3.11. The van der Waals surface area contributed by atoms with Crippen LogP contribution in [0.5, 0.6) is 0 Å². The molecule has 2 aliphatic rings. The fourth-order valence-electron chi connectivity index (χ4n) is 3.28. The van der Waals surface area contributed by atoms with E-state index in [1.165, 1.54) is 17.0 Å². The van der Waals surface area contributed by atoms with E-state index in [1.54, 1.807) is 0 Å². The Morgan fingerprint density at radius 3 is 2.58 bits per heavy atom. The number of halogens is 1. The van der Waals surface area contributed by atoms with Crippen LogP contribution in [-0.2, 0) is 14.8 Å². The molecule has 0 saturated carbocycles. The van der Waals surface area contributed by atoms with Gasteiger partial charge in [-0.2, -0.15) is 0 Å². The highest BCUT2D eigenvalue weighted by Crippen LogP contribution is 2.34. The van der Waals surface area contributed by atoms with Crippen molar-refractivity contribution in [2.75, 3.05) is 32.4 Å². The van der Waals surface area contributed by atoms with Crippen molar-refractivity contribution in [3.05, 3.63) is 0 Å². The van der Waals surface area contributed by atoms with E-state index in [1.807, 2.05) is 13.8 Å². The van der Waals surface area contributed by atoms with Crippen LogP contribution in [0.3, 0.4) is 0 Å². The summed E-state index contributed by atoms with van der Waals surface area (Å²) in [5.74, 6) is 0.802. The third-order valence-electron chi connectivity index (χ3n) is 4.43. The maximum absolute atomic E-state index is 11.5. The monoisotopic (exact) mass is 474 g/mol. The maximum atomic E-state index is 11.5. The van der Waals surface area contributed by atoms with Crippen molar-refractivity contribution in [2.45, 2.75) is 57.8 Å². The SMILES string of the molecule is CCNC(=NCCCN(CC)S(C)(=O)=O)NC1CC2CCC1O2.I. The van der Waals surface area contributed by atoms with Crippen LogP contribution >= 0.6 is 24.0 Å². The van der Waals surface area contributed by atoms with Crippen molar-refractivity contribution in [3.8, 4) is 0 Å². The van der Waals surface area contributed by atoms with Crippen LogP contribution in [-0.4, -0.2) is 69.4 Å². The summed E-state index contributed by atoms with van der Waals surface area (Å²) in [4.78, 5) is 4.57. The van der Waals surface area contributed by atoms with Gasteiger partial charge in [0.25, 0.3) is 0 Å². The molecule has 2 rings (SSSR count). The number of rotatable bonds is 8. The Kier molecular flexibility index (Phi) is 9.24. The molecule has 3 atom stereocenters. The number of nitrogens with one attached hydrogen (secondary N) is 2. The molecule has 2 aliphatic heterocycles. The molecular formula is C15H31IN4O3S. The predicted molar refractivity (Wildman–Crippen MR) is 108 cm³/mol. The Labute approximate surface area is 163 Å². The van der Waals surface area contributed by atoms with Gasteiger partial charge in [-0.3, -0.25) is 4.99 Å². The number of aliphatic imine (C=N–C) groups is 1. The Morgan fingerprint density at radius 2 is 2.08 bits per heavy atom. The average Bonchev–Trinajstić information content (AvgIpc) is 3.08. The molecular weight excluding hydrogens is 443 g/mol. The van der Waals surface area contributed by atoms with Gasteiger partial charge in [0.2, 0.25) is 10.0 Å². The lowest BCUT2D eigenvalue weighted by Crippen LogP contribution is -2.47. The minimum atomic E-state index is -3.11. The number of fused-ring (bicyclic) bond motifs is 2. The molecule has 7 nitrogen and oxygen atoms in total. The normalized spacial score (nSPS) is 26.5. The lowest BCUT2D eigenvalue weighted by molar-refractivity contribution is 0.0992. The molecule has 3 unspecified atom stereocenters. The first-order valence-corrected chi connectivity index (χ1v) is 10.4. The number of hydrogen-bond acceptors (Lipinski definition) is 4. The van der Waals surface area contributed by atoms with E-state index >= 15 is 0 Å². The molecule has 9 heteroatoms. The second-order valence-corrected chi connectivity index (χ2v) is 8.21. The highest BCUT2D eigenvalue weighted by Gasteiger charge is 2.41. The number of nitrogens with zero attached hydrogens (tertiary/aromatic N) is 2. The Bertz CT molecular complexity index is 515. The van der Waals surface area contributed by atoms with Crippen LogP contribution in [0, 0.1) is 0 Å². The maximum Gasteiger partial charge on any atom is 0.211 e. The van der Waals surface area contributed by atoms with Crippen molar-refractivity contribution in [1.29, 1.82) is 0 Å². The minimum Gasteiger partial charge on any atom is -0.373 e. The largest absolute Gasteiger partial charge is 0.373 e. The van der Waals surface area contributed by atoms with Gasteiger partial charge in [0.1, 0.15) is 0 Å². The van der Waals surface area contributed by atoms with Crippen molar-refractivity contribution >= 4 is 40.0 Å². The highest BCUT2D eigenvalue weighted by molar-refractivity contribution is 14.0. The van der Waals surface area contributed by atoms with Crippen molar-refractivity contribution in [3.63, 3.8) is 0 Å². The third kappa shape index (κ3) is 6.30. The predicted octanol–water partition coefficient (Wildman–Crippen LogP) is 1.15. The zero-order chi connectivity index (χ0) is 16.9. The summed E-state index contributed by atoms with van der Waals surface area (Å²) < 4.78 is 30.4. The van der Waals surface area contributed by atoms with Gasteiger partial charge >= 0.3 is 0 Å². The number of ether oxygens (including phenoxy) is 1. The molecule has 2 fully saturated rings. The zero-order valence-electron chi connectivity index (χ0n) is 14.8. The molecule has 2 saturated heterocycles. The number of hydrogen-bond donors (Lipinski definition) is 2. The summed E-state index contributed by atoms with van der Waals surface area (Å²) in [5.41, 5.74) is 0. The molecule has 0 spiro atoms. The molecule has 0 aromatic rings. The van der Waals surface area contributed by atoms with Crippen LogP contribution < -0.4 is 10.6 Å². The van der Waals surface area contributed by atoms with E-state index in [9.17, 15) is 8.42 Å². The van der Waals surface area contributed by atoms with Gasteiger partial charge in [-0.1, -0.05) is 6.92 Å². The van der Waals surface area contributed by atoms with Gasteiger partial charge in [0, 0.05) is 26.2 Å². The molecule has 0 aromatic carbocycles. The lowest BCUT2D eigenvalue weighted by Gasteiger charge is -2.22. The quantitative estimate of drug-likeness (QED) is 0.239. The molecule has 2 heterocycles. The van der Waals surface area contributed by atoms with Crippen LogP contribution in [0.4, 0.5) is 0 Å². The summed E-state index contributed by atoms with van der Waals surface area (Å²) in [6, 6.07) is 0.342. The summed E-state index contributed by atoms with van der Waals surface area (Å²) >= 11 is 0. The summed E-state index contributed by atoms with van der Waals surface area (Å²) in [6.07, 6.45) is 6.03. The topological polar surface area (TPSA) is 83.0 Å². The Balaban J connectivity index is 0.00000288. The van der Waals surface area contributed by atoms with Crippen LogP contribution in [0.25, 0.3) is 0 Å². The standard InChI is InChI=1S/C15H30N4O3S.HI/c1-4-16-15(18-13-11-12-7-8-14(13)22-12)17-9-6-10-19(5-2)23(3,20)21;/h12-14H,4-11H2,1-3H3,(H2,16,17,18);1H. The average molecular weight is 474 g/mol. The van der Waals surface area contributed by atoms with Crippen LogP contribution in [0.15, 0.2) is 4.99 Å². The molecule has 0 aromatic heterocycles. The van der Waals surface area contributed by atoms with Crippen LogP contribution in [0.2, 0.25) is 0 Å². The minimum absolute atomic E-state index is 0. The first-order chi connectivity index (χ1) is 10.9. The van der Waals surface area contributed by atoms with Gasteiger partial charge in [0.15, 0.2) is 5.96 Å². The van der Waals surface area contributed by atoms with Gasteiger partial charge in [-0.25, -0.2) is 12.7 Å².